The Kier molecular flexibility index (Phi) is 7.84. The molecule has 3 rings (SSSR count). The normalized spacial score (nSPS) is 15.4. The molecule has 7 nitrogen and oxygen atoms in total. The SMILES string of the molecule is C=CCNS(=O)(=O)c1cccc(C(=O)NC2CCN(Cc3ccccc3OC)CC2)c1. The van der Waals surface area contributed by atoms with Gasteiger partial charge in [0.15, 0.2) is 0 Å². The van der Waals surface area contributed by atoms with Gasteiger partial charge in [0.25, 0.3) is 5.91 Å². The van der Waals surface area contributed by atoms with E-state index >= 15 is 0 Å². The molecule has 2 aromatic rings. The first-order valence-corrected chi connectivity index (χ1v) is 11.8. The standard InChI is InChI=1S/C23H29N3O4S/c1-3-13-24-31(28,29)21-9-6-8-18(16-21)23(27)25-20-11-14-26(15-12-20)17-19-7-4-5-10-22(19)30-2/h3-10,16,20,24H,1,11-15,17H2,2H3,(H,25,27). The van der Waals surface area contributed by atoms with Gasteiger partial charge in [-0.15, -0.1) is 6.58 Å². The fourth-order valence-electron chi connectivity index (χ4n) is 3.64. The van der Waals surface area contributed by atoms with Crippen LogP contribution in [0.5, 0.6) is 5.75 Å². The van der Waals surface area contributed by atoms with Gasteiger partial charge in [-0.1, -0.05) is 30.3 Å². The number of methoxy groups -OCH3 is 1. The quantitative estimate of drug-likeness (QED) is 0.582. The van der Waals surface area contributed by atoms with Crippen LogP contribution in [0.15, 0.2) is 66.1 Å². The number of benzene rings is 2. The summed E-state index contributed by atoms with van der Waals surface area (Å²) in [5.74, 6) is 0.624. The number of ether oxygens (including phenoxy) is 1. The van der Waals surface area contributed by atoms with Crippen LogP contribution in [-0.2, 0) is 16.6 Å². The van der Waals surface area contributed by atoms with Crippen LogP contribution in [0.1, 0.15) is 28.8 Å². The predicted octanol–water partition coefficient (Wildman–Crippen LogP) is 2.55. The molecule has 1 fully saturated rings. The number of carbonyl (C=O) groups is 1. The second kappa shape index (κ2) is 10.6. The molecule has 0 aromatic heterocycles. The van der Waals surface area contributed by atoms with Crippen molar-refractivity contribution >= 4 is 15.9 Å². The average molecular weight is 444 g/mol. The van der Waals surface area contributed by atoms with Gasteiger partial charge in [-0.3, -0.25) is 9.69 Å². The number of amides is 1. The van der Waals surface area contributed by atoms with E-state index in [1.807, 2.05) is 18.2 Å². The van der Waals surface area contributed by atoms with Crippen LogP contribution in [-0.4, -0.2) is 52.0 Å². The maximum absolute atomic E-state index is 12.7. The van der Waals surface area contributed by atoms with Crippen LogP contribution in [0, 0.1) is 0 Å². The Bertz CT molecular complexity index is 1010. The molecule has 0 saturated carbocycles. The highest BCUT2D eigenvalue weighted by atomic mass is 32.2. The highest BCUT2D eigenvalue weighted by molar-refractivity contribution is 7.89. The molecular weight excluding hydrogens is 414 g/mol. The van der Waals surface area contributed by atoms with E-state index in [-0.39, 0.29) is 23.4 Å². The van der Waals surface area contributed by atoms with Crippen molar-refractivity contribution in [3.05, 3.63) is 72.3 Å². The minimum Gasteiger partial charge on any atom is -0.496 e. The van der Waals surface area contributed by atoms with Gasteiger partial charge < -0.3 is 10.1 Å². The van der Waals surface area contributed by atoms with E-state index in [0.717, 1.165) is 43.8 Å². The molecule has 1 aliphatic rings. The topological polar surface area (TPSA) is 87.7 Å². The molecule has 2 N–H and O–H groups in total. The Morgan fingerprint density at radius 2 is 1.94 bits per heavy atom. The lowest BCUT2D eigenvalue weighted by Crippen LogP contribution is -2.44. The zero-order chi connectivity index (χ0) is 22.3. The minimum atomic E-state index is -3.67. The lowest BCUT2D eigenvalue weighted by Gasteiger charge is -2.32. The Hall–Kier alpha value is -2.68. The van der Waals surface area contributed by atoms with Gasteiger partial charge in [-0.25, -0.2) is 13.1 Å². The second-order valence-corrected chi connectivity index (χ2v) is 9.27. The van der Waals surface area contributed by atoms with Crippen molar-refractivity contribution in [2.45, 2.75) is 30.3 Å². The molecule has 1 saturated heterocycles. The van der Waals surface area contributed by atoms with Crippen LogP contribution in [0.3, 0.4) is 0 Å². The fraction of sp³-hybridized carbons (Fsp3) is 0.348. The summed E-state index contributed by atoms with van der Waals surface area (Å²) < 4.78 is 32.4. The largest absolute Gasteiger partial charge is 0.496 e. The van der Waals surface area contributed by atoms with E-state index in [1.54, 1.807) is 19.2 Å². The lowest BCUT2D eigenvalue weighted by atomic mass is 10.0. The molecule has 31 heavy (non-hydrogen) atoms. The lowest BCUT2D eigenvalue weighted by molar-refractivity contribution is 0.0908. The van der Waals surface area contributed by atoms with Crippen molar-refractivity contribution in [2.24, 2.45) is 0 Å². The molecule has 1 amide bonds. The maximum Gasteiger partial charge on any atom is 0.251 e. The molecule has 1 aliphatic heterocycles. The number of likely N-dealkylation sites (tertiary alicyclic amines) is 1. The second-order valence-electron chi connectivity index (χ2n) is 7.50. The van der Waals surface area contributed by atoms with Gasteiger partial charge in [0.2, 0.25) is 10.0 Å². The van der Waals surface area contributed by atoms with Gasteiger partial charge in [-0.05, 0) is 37.1 Å². The number of sulfonamides is 1. The number of rotatable bonds is 9. The number of nitrogens with zero attached hydrogens (tertiary/aromatic N) is 1. The van der Waals surface area contributed by atoms with Crippen molar-refractivity contribution < 1.29 is 17.9 Å². The number of hydrogen-bond acceptors (Lipinski definition) is 5. The van der Waals surface area contributed by atoms with Crippen LogP contribution < -0.4 is 14.8 Å². The Morgan fingerprint density at radius 1 is 1.19 bits per heavy atom. The molecule has 0 unspecified atom stereocenters. The third-order valence-corrected chi connectivity index (χ3v) is 6.75. The highest BCUT2D eigenvalue weighted by Gasteiger charge is 2.23. The Morgan fingerprint density at radius 3 is 2.65 bits per heavy atom. The molecule has 0 aliphatic carbocycles. The number of carbonyl (C=O) groups excluding carboxylic acids is 1. The van der Waals surface area contributed by atoms with Crippen molar-refractivity contribution in [1.29, 1.82) is 0 Å². The van der Waals surface area contributed by atoms with Gasteiger partial charge in [-0.2, -0.15) is 0 Å². The minimum absolute atomic E-state index is 0.0561. The summed E-state index contributed by atoms with van der Waals surface area (Å²) in [6, 6.07) is 14.1. The summed E-state index contributed by atoms with van der Waals surface area (Å²) in [5.41, 5.74) is 1.48. The molecule has 8 heteroatoms. The van der Waals surface area contributed by atoms with Gasteiger partial charge in [0, 0.05) is 43.3 Å². The molecule has 166 valence electrons. The van der Waals surface area contributed by atoms with Crippen LogP contribution in [0.2, 0.25) is 0 Å². The molecule has 0 radical (unpaired) electrons. The maximum atomic E-state index is 12.7. The first-order chi connectivity index (χ1) is 14.9. The Labute approximate surface area is 184 Å². The zero-order valence-electron chi connectivity index (χ0n) is 17.7. The number of piperidine rings is 1. The van der Waals surface area contributed by atoms with Crippen molar-refractivity contribution in [3.8, 4) is 5.75 Å². The summed E-state index contributed by atoms with van der Waals surface area (Å²) in [6.07, 6.45) is 3.13. The number of hydrogen-bond donors (Lipinski definition) is 2. The molecule has 0 atom stereocenters. The highest BCUT2D eigenvalue weighted by Crippen LogP contribution is 2.21. The van der Waals surface area contributed by atoms with E-state index in [9.17, 15) is 13.2 Å². The summed E-state index contributed by atoms with van der Waals surface area (Å²) in [6.45, 7) is 6.17. The summed E-state index contributed by atoms with van der Waals surface area (Å²) in [7, 11) is -2.00. The summed E-state index contributed by atoms with van der Waals surface area (Å²) in [4.78, 5) is 15.1. The van der Waals surface area contributed by atoms with E-state index in [4.69, 9.17) is 4.74 Å². The molecule has 1 heterocycles. The number of nitrogens with one attached hydrogen (secondary N) is 2. The van der Waals surface area contributed by atoms with Gasteiger partial charge in [0.05, 0.1) is 12.0 Å². The van der Waals surface area contributed by atoms with Gasteiger partial charge in [0.1, 0.15) is 5.75 Å². The van der Waals surface area contributed by atoms with E-state index in [1.165, 1.54) is 18.2 Å². The fourth-order valence-corrected chi connectivity index (χ4v) is 4.68. The Balaban J connectivity index is 1.55. The molecular formula is C23H29N3O4S. The van der Waals surface area contributed by atoms with Crippen LogP contribution >= 0.6 is 0 Å². The smallest absolute Gasteiger partial charge is 0.251 e. The van der Waals surface area contributed by atoms with E-state index < -0.39 is 10.0 Å². The van der Waals surface area contributed by atoms with Crippen molar-refractivity contribution in [1.82, 2.24) is 14.9 Å². The summed E-state index contributed by atoms with van der Waals surface area (Å²) in [5, 5.41) is 3.04. The monoisotopic (exact) mass is 443 g/mol. The zero-order valence-corrected chi connectivity index (χ0v) is 18.5. The third kappa shape index (κ3) is 6.16. The average Bonchev–Trinajstić information content (AvgIpc) is 2.79. The molecule has 0 spiro atoms. The first kappa shape index (κ1) is 23.0. The predicted molar refractivity (Wildman–Crippen MR) is 121 cm³/mol. The third-order valence-electron chi connectivity index (χ3n) is 5.33. The van der Waals surface area contributed by atoms with Crippen LogP contribution in [0.25, 0.3) is 0 Å². The van der Waals surface area contributed by atoms with Crippen molar-refractivity contribution in [3.63, 3.8) is 0 Å². The number of para-hydroxylation sites is 1. The first-order valence-electron chi connectivity index (χ1n) is 10.3. The van der Waals surface area contributed by atoms with E-state index in [2.05, 4.69) is 27.6 Å². The van der Waals surface area contributed by atoms with Gasteiger partial charge >= 0.3 is 0 Å². The molecule has 0 bridgehead atoms. The summed E-state index contributed by atoms with van der Waals surface area (Å²) >= 11 is 0. The molecule has 2 aromatic carbocycles. The van der Waals surface area contributed by atoms with Crippen LogP contribution in [0.4, 0.5) is 0 Å². The van der Waals surface area contributed by atoms with E-state index in [0.29, 0.717) is 5.56 Å². The van der Waals surface area contributed by atoms with Crippen molar-refractivity contribution in [2.75, 3.05) is 26.7 Å².